The van der Waals surface area contributed by atoms with E-state index in [4.69, 9.17) is 10.7 Å². The molecule has 0 spiro atoms. The Morgan fingerprint density at radius 1 is 1.39 bits per heavy atom. The fourth-order valence-electron chi connectivity index (χ4n) is 2.92. The molecule has 1 aromatic rings. The molecule has 3 nitrogen and oxygen atoms in total. The molecule has 0 saturated heterocycles. The monoisotopic (exact) mass is 247 g/mol. The maximum absolute atomic E-state index is 6.25. The smallest absolute Gasteiger partial charge is 0.127 e. The largest absolute Gasteiger partial charge is 0.384 e. The van der Waals surface area contributed by atoms with Gasteiger partial charge in [0.2, 0.25) is 0 Å². The summed E-state index contributed by atoms with van der Waals surface area (Å²) < 4.78 is 2.16. The van der Waals surface area contributed by atoms with Gasteiger partial charge in [0, 0.05) is 12.5 Å². The molecule has 0 atom stereocenters. The lowest BCUT2D eigenvalue weighted by atomic mass is 9.88. The van der Waals surface area contributed by atoms with Gasteiger partial charge in [0.05, 0.1) is 5.69 Å². The second kappa shape index (κ2) is 5.59. The Bertz CT molecular complexity index is 412. The number of nitrogen functional groups attached to an aromatic ring is 1. The van der Waals surface area contributed by atoms with E-state index in [2.05, 4.69) is 25.0 Å². The van der Waals surface area contributed by atoms with Crippen molar-refractivity contribution >= 4 is 5.82 Å². The van der Waals surface area contributed by atoms with Crippen molar-refractivity contribution in [3.8, 4) is 0 Å². The zero-order valence-corrected chi connectivity index (χ0v) is 11.7. The molecule has 0 amide bonds. The van der Waals surface area contributed by atoms with Crippen LogP contribution in [-0.4, -0.2) is 9.55 Å². The Kier molecular flexibility index (Phi) is 4.10. The Balaban J connectivity index is 2.37. The minimum absolute atomic E-state index is 0.387. The molecule has 2 N–H and O–H groups in total. The quantitative estimate of drug-likeness (QED) is 0.822. The van der Waals surface area contributed by atoms with E-state index in [0.29, 0.717) is 11.8 Å². The van der Waals surface area contributed by atoms with E-state index < -0.39 is 0 Å². The van der Waals surface area contributed by atoms with E-state index in [0.717, 1.165) is 18.1 Å². The zero-order valence-electron chi connectivity index (χ0n) is 11.7. The highest BCUT2D eigenvalue weighted by atomic mass is 15.1. The van der Waals surface area contributed by atoms with Gasteiger partial charge in [-0.2, -0.15) is 0 Å². The third-order valence-electron chi connectivity index (χ3n) is 3.89. The molecule has 1 fully saturated rings. The molecule has 0 aliphatic heterocycles. The van der Waals surface area contributed by atoms with Gasteiger partial charge < -0.3 is 10.3 Å². The standard InChI is InChI=1S/C15H25N3/c1-4-10-18-14(16)13(11(2)3)17-15(18)12-8-6-5-7-9-12/h4,11-12H,1,5-10,16H2,2-3H3. The number of hydrogen-bond donors (Lipinski definition) is 1. The number of anilines is 1. The topological polar surface area (TPSA) is 43.8 Å². The lowest BCUT2D eigenvalue weighted by Gasteiger charge is -2.22. The van der Waals surface area contributed by atoms with Crippen LogP contribution in [0.4, 0.5) is 5.82 Å². The molecular formula is C15H25N3. The third kappa shape index (κ3) is 2.45. The average molecular weight is 247 g/mol. The summed E-state index contributed by atoms with van der Waals surface area (Å²) in [7, 11) is 0. The number of rotatable bonds is 4. The number of allylic oxidation sites excluding steroid dienone is 1. The third-order valence-corrected chi connectivity index (χ3v) is 3.89. The first-order chi connectivity index (χ1) is 8.65. The summed E-state index contributed by atoms with van der Waals surface area (Å²) in [5.74, 6) is 3.01. The van der Waals surface area contributed by atoms with Crippen molar-refractivity contribution in [2.45, 2.75) is 64.3 Å². The molecule has 2 rings (SSSR count). The van der Waals surface area contributed by atoms with Crippen molar-refractivity contribution in [3.05, 3.63) is 24.2 Å². The van der Waals surface area contributed by atoms with E-state index in [-0.39, 0.29) is 0 Å². The van der Waals surface area contributed by atoms with Crippen molar-refractivity contribution in [2.24, 2.45) is 0 Å². The number of nitrogens with two attached hydrogens (primary N) is 1. The van der Waals surface area contributed by atoms with Gasteiger partial charge in [-0.05, 0) is 18.8 Å². The van der Waals surface area contributed by atoms with E-state index >= 15 is 0 Å². The Labute approximate surface area is 110 Å². The summed E-state index contributed by atoms with van der Waals surface area (Å²) >= 11 is 0. The first-order valence-electron chi connectivity index (χ1n) is 7.11. The molecule has 1 heterocycles. The van der Waals surface area contributed by atoms with E-state index in [1.807, 2.05) is 6.08 Å². The maximum atomic E-state index is 6.25. The van der Waals surface area contributed by atoms with E-state index in [1.165, 1.54) is 37.9 Å². The fraction of sp³-hybridized carbons (Fsp3) is 0.667. The highest BCUT2D eigenvalue weighted by Gasteiger charge is 2.24. The van der Waals surface area contributed by atoms with Crippen LogP contribution in [0.15, 0.2) is 12.7 Å². The molecule has 100 valence electrons. The number of imidazole rings is 1. The molecule has 18 heavy (non-hydrogen) atoms. The normalized spacial score (nSPS) is 17.3. The van der Waals surface area contributed by atoms with Crippen LogP contribution in [-0.2, 0) is 6.54 Å². The summed E-state index contributed by atoms with van der Waals surface area (Å²) in [5, 5.41) is 0. The molecule has 1 aliphatic rings. The summed E-state index contributed by atoms with van der Waals surface area (Å²) in [6, 6.07) is 0. The van der Waals surface area contributed by atoms with Gasteiger partial charge in [0.15, 0.2) is 0 Å². The molecule has 0 radical (unpaired) electrons. The predicted molar refractivity (Wildman–Crippen MR) is 76.8 cm³/mol. The summed E-state index contributed by atoms with van der Waals surface area (Å²) in [4.78, 5) is 4.84. The molecular weight excluding hydrogens is 222 g/mol. The zero-order chi connectivity index (χ0) is 13.1. The van der Waals surface area contributed by atoms with Crippen LogP contribution < -0.4 is 5.73 Å². The van der Waals surface area contributed by atoms with Gasteiger partial charge in [0.25, 0.3) is 0 Å². The Morgan fingerprint density at radius 2 is 2.06 bits per heavy atom. The minimum atomic E-state index is 0.387. The first-order valence-corrected chi connectivity index (χ1v) is 7.11. The molecule has 0 unspecified atom stereocenters. The van der Waals surface area contributed by atoms with Gasteiger partial charge in [-0.15, -0.1) is 6.58 Å². The van der Waals surface area contributed by atoms with Gasteiger partial charge in [-0.3, -0.25) is 0 Å². The number of aromatic nitrogens is 2. The van der Waals surface area contributed by atoms with Crippen molar-refractivity contribution in [3.63, 3.8) is 0 Å². The van der Waals surface area contributed by atoms with Crippen LogP contribution in [0.5, 0.6) is 0 Å². The van der Waals surface area contributed by atoms with Gasteiger partial charge >= 0.3 is 0 Å². The van der Waals surface area contributed by atoms with Gasteiger partial charge in [-0.25, -0.2) is 4.98 Å². The molecule has 1 aliphatic carbocycles. The van der Waals surface area contributed by atoms with Crippen molar-refractivity contribution in [2.75, 3.05) is 5.73 Å². The average Bonchev–Trinajstić information content (AvgIpc) is 2.69. The SMILES string of the molecule is C=CCn1c(C2CCCCC2)nc(C(C)C)c1N. The van der Waals surface area contributed by atoms with Crippen LogP contribution in [0.3, 0.4) is 0 Å². The second-order valence-electron chi connectivity index (χ2n) is 5.63. The van der Waals surface area contributed by atoms with Crippen molar-refractivity contribution in [1.82, 2.24) is 9.55 Å². The summed E-state index contributed by atoms with van der Waals surface area (Å²) in [5.41, 5.74) is 7.30. The van der Waals surface area contributed by atoms with E-state index in [9.17, 15) is 0 Å². The van der Waals surface area contributed by atoms with Crippen LogP contribution >= 0.6 is 0 Å². The van der Waals surface area contributed by atoms with Gasteiger partial charge in [0.1, 0.15) is 11.6 Å². The number of nitrogens with zero attached hydrogens (tertiary/aromatic N) is 2. The maximum Gasteiger partial charge on any atom is 0.127 e. The fourth-order valence-corrected chi connectivity index (χ4v) is 2.92. The van der Waals surface area contributed by atoms with Crippen LogP contribution in [0, 0.1) is 0 Å². The summed E-state index contributed by atoms with van der Waals surface area (Å²) in [6.45, 7) is 8.92. The molecule has 0 bridgehead atoms. The van der Waals surface area contributed by atoms with Crippen LogP contribution in [0.1, 0.15) is 69.3 Å². The highest BCUT2D eigenvalue weighted by Crippen LogP contribution is 2.35. The highest BCUT2D eigenvalue weighted by molar-refractivity contribution is 5.41. The molecule has 0 aromatic carbocycles. The first kappa shape index (κ1) is 13.2. The molecule has 1 aromatic heterocycles. The predicted octanol–water partition coefficient (Wildman–Crippen LogP) is 3.82. The Hall–Kier alpha value is -1.25. The van der Waals surface area contributed by atoms with Crippen molar-refractivity contribution in [1.29, 1.82) is 0 Å². The van der Waals surface area contributed by atoms with Crippen LogP contribution in [0.25, 0.3) is 0 Å². The van der Waals surface area contributed by atoms with Gasteiger partial charge in [-0.1, -0.05) is 39.2 Å². The second-order valence-corrected chi connectivity index (χ2v) is 5.63. The lowest BCUT2D eigenvalue weighted by molar-refractivity contribution is 0.419. The lowest BCUT2D eigenvalue weighted by Crippen LogP contribution is -2.13. The minimum Gasteiger partial charge on any atom is -0.384 e. The van der Waals surface area contributed by atoms with E-state index in [1.54, 1.807) is 0 Å². The Morgan fingerprint density at radius 3 is 2.61 bits per heavy atom. The number of hydrogen-bond acceptors (Lipinski definition) is 2. The molecule has 1 saturated carbocycles. The molecule has 3 heteroatoms. The van der Waals surface area contributed by atoms with Crippen LogP contribution in [0.2, 0.25) is 0 Å². The summed E-state index contributed by atoms with van der Waals surface area (Å²) in [6.07, 6.45) is 8.43. The van der Waals surface area contributed by atoms with Crippen molar-refractivity contribution < 1.29 is 0 Å².